The number of carbonyl (C=O) groups excluding carboxylic acids is 2. The molecule has 2 rings (SSSR count). The molecule has 0 aliphatic rings. The number of carbonyl (C=O) groups is 2. The highest BCUT2D eigenvalue weighted by Gasteiger charge is 2.29. The summed E-state index contributed by atoms with van der Waals surface area (Å²) in [5.41, 5.74) is 2.35. The van der Waals surface area contributed by atoms with E-state index in [1.807, 2.05) is 46.8 Å². The number of hydrogen-bond acceptors (Lipinski definition) is 4. The van der Waals surface area contributed by atoms with Gasteiger partial charge in [0.2, 0.25) is 21.8 Å². The summed E-state index contributed by atoms with van der Waals surface area (Å²) >= 11 is 0. The van der Waals surface area contributed by atoms with Gasteiger partial charge < -0.3 is 10.2 Å². The Kier molecular flexibility index (Phi) is 9.65. The summed E-state index contributed by atoms with van der Waals surface area (Å²) in [5, 5.41) is 2.87. The number of nitrogens with zero attached hydrogens (tertiary/aromatic N) is 2. The molecule has 0 bridgehead atoms. The second-order valence-corrected chi connectivity index (χ2v) is 12.1. The van der Waals surface area contributed by atoms with Crippen molar-refractivity contribution in [1.29, 1.82) is 0 Å². The molecule has 0 heterocycles. The highest BCUT2D eigenvalue weighted by atomic mass is 32.2. The van der Waals surface area contributed by atoms with Gasteiger partial charge in [0.25, 0.3) is 0 Å². The molecule has 198 valence electrons. The average molecular weight is 520 g/mol. The highest BCUT2D eigenvalue weighted by Crippen LogP contribution is 2.22. The quantitative estimate of drug-likeness (QED) is 0.507. The molecule has 9 heteroatoms. The number of anilines is 1. The minimum absolute atomic E-state index is 0.00153. The first-order valence-electron chi connectivity index (χ1n) is 12.0. The van der Waals surface area contributed by atoms with E-state index in [0.29, 0.717) is 11.3 Å². The topological polar surface area (TPSA) is 86.8 Å². The molecule has 0 aliphatic carbocycles. The molecule has 2 aromatic rings. The van der Waals surface area contributed by atoms with Crippen LogP contribution in [0.25, 0.3) is 0 Å². The molecule has 0 fully saturated rings. The Balaban J connectivity index is 2.22. The Labute approximate surface area is 214 Å². The molecule has 0 saturated carbocycles. The number of hydrogen-bond donors (Lipinski definition) is 1. The van der Waals surface area contributed by atoms with E-state index in [4.69, 9.17) is 0 Å². The van der Waals surface area contributed by atoms with Crippen molar-refractivity contribution in [1.82, 2.24) is 10.2 Å². The van der Waals surface area contributed by atoms with Gasteiger partial charge in [0.05, 0.1) is 11.9 Å². The zero-order chi connectivity index (χ0) is 27.3. The zero-order valence-electron chi connectivity index (χ0n) is 22.3. The number of halogens is 1. The van der Waals surface area contributed by atoms with E-state index in [2.05, 4.69) is 5.32 Å². The van der Waals surface area contributed by atoms with E-state index in [1.165, 1.54) is 15.3 Å². The Morgan fingerprint density at radius 1 is 1.06 bits per heavy atom. The molecule has 1 atom stereocenters. The van der Waals surface area contributed by atoms with Crippen LogP contribution in [0.1, 0.15) is 57.2 Å². The van der Waals surface area contributed by atoms with Crippen LogP contribution in [0.4, 0.5) is 10.1 Å². The van der Waals surface area contributed by atoms with Gasteiger partial charge in [-0.1, -0.05) is 24.3 Å². The van der Waals surface area contributed by atoms with Crippen molar-refractivity contribution in [2.24, 2.45) is 0 Å². The number of rotatable bonds is 10. The summed E-state index contributed by atoms with van der Waals surface area (Å²) in [6.07, 6.45) is 1.37. The monoisotopic (exact) mass is 519 g/mol. The van der Waals surface area contributed by atoms with Gasteiger partial charge in [-0.05, 0) is 77.3 Å². The number of amides is 2. The third kappa shape index (κ3) is 8.33. The Morgan fingerprint density at radius 2 is 1.69 bits per heavy atom. The maximum atomic E-state index is 14.4. The molecular weight excluding hydrogens is 481 g/mol. The van der Waals surface area contributed by atoms with Crippen molar-refractivity contribution in [3.63, 3.8) is 0 Å². The lowest BCUT2D eigenvalue weighted by Crippen LogP contribution is -2.52. The van der Waals surface area contributed by atoms with E-state index in [9.17, 15) is 22.4 Å². The maximum absolute atomic E-state index is 14.4. The molecule has 1 N–H and O–H groups in total. The van der Waals surface area contributed by atoms with Crippen LogP contribution in [-0.4, -0.2) is 49.5 Å². The first-order valence-corrected chi connectivity index (χ1v) is 13.8. The normalized spacial score (nSPS) is 12.7. The molecule has 36 heavy (non-hydrogen) atoms. The van der Waals surface area contributed by atoms with E-state index < -0.39 is 27.4 Å². The van der Waals surface area contributed by atoms with Gasteiger partial charge in [-0.25, -0.2) is 12.8 Å². The first kappa shape index (κ1) is 29.3. The summed E-state index contributed by atoms with van der Waals surface area (Å²) in [6, 6.07) is 10.7. The van der Waals surface area contributed by atoms with Gasteiger partial charge in [0, 0.05) is 30.6 Å². The van der Waals surface area contributed by atoms with Crippen LogP contribution in [0.5, 0.6) is 0 Å². The molecule has 2 aromatic carbocycles. The standard InChI is InChI=1S/C27H38FN3O4S/c1-19-14-15-23(17-20(19)2)31(36(7,34)35)16-10-13-25(32)30(18-22-11-8-9-12-24(22)28)21(3)26(33)29-27(4,5)6/h8-9,11-12,14-15,17,21H,10,13,16,18H2,1-7H3,(H,29,33). The van der Waals surface area contributed by atoms with Crippen LogP contribution in [-0.2, 0) is 26.2 Å². The van der Waals surface area contributed by atoms with E-state index in [-0.39, 0.29) is 37.7 Å². The molecule has 7 nitrogen and oxygen atoms in total. The number of aryl methyl sites for hydroxylation is 2. The van der Waals surface area contributed by atoms with Gasteiger partial charge in [-0.15, -0.1) is 0 Å². The summed E-state index contributed by atoms with van der Waals surface area (Å²) < 4.78 is 40.6. The van der Waals surface area contributed by atoms with Gasteiger partial charge in [-0.2, -0.15) is 0 Å². The van der Waals surface area contributed by atoms with Crippen LogP contribution in [0.2, 0.25) is 0 Å². The lowest BCUT2D eigenvalue weighted by molar-refractivity contribution is -0.141. The van der Waals surface area contributed by atoms with Crippen molar-refractivity contribution in [2.45, 2.75) is 72.5 Å². The number of sulfonamides is 1. The SMILES string of the molecule is Cc1ccc(N(CCCC(=O)N(Cc2ccccc2F)C(C)C(=O)NC(C)(C)C)S(C)(=O)=O)cc1C. The molecule has 0 radical (unpaired) electrons. The van der Waals surface area contributed by atoms with Crippen LogP contribution >= 0.6 is 0 Å². The zero-order valence-corrected chi connectivity index (χ0v) is 23.1. The number of nitrogens with one attached hydrogen (secondary N) is 1. The van der Waals surface area contributed by atoms with Crippen LogP contribution in [0.15, 0.2) is 42.5 Å². The van der Waals surface area contributed by atoms with E-state index >= 15 is 0 Å². The fourth-order valence-corrected chi connectivity index (χ4v) is 4.71. The van der Waals surface area contributed by atoms with E-state index in [0.717, 1.165) is 17.4 Å². The van der Waals surface area contributed by atoms with Gasteiger partial charge in [0.15, 0.2) is 0 Å². The van der Waals surface area contributed by atoms with Crippen LogP contribution in [0.3, 0.4) is 0 Å². The third-order valence-electron chi connectivity index (χ3n) is 5.89. The van der Waals surface area contributed by atoms with Crippen molar-refractivity contribution in [3.05, 3.63) is 65.0 Å². The molecule has 0 aromatic heterocycles. The lowest BCUT2D eigenvalue weighted by Gasteiger charge is -2.32. The summed E-state index contributed by atoms with van der Waals surface area (Å²) in [4.78, 5) is 27.5. The molecule has 2 amide bonds. The molecule has 0 aliphatic heterocycles. The predicted octanol–water partition coefficient (Wildman–Crippen LogP) is 4.32. The molecule has 0 spiro atoms. The fraction of sp³-hybridized carbons (Fsp3) is 0.481. The minimum Gasteiger partial charge on any atom is -0.350 e. The minimum atomic E-state index is -3.58. The average Bonchev–Trinajstić information content (AvgIpc) is 2.75. The van der Waals surface area contributed by atoms with Crippen LogP contribution in [0, 0.1) is 19.7 Å². The highest BCUT2D eigenvalue weighted by molar-refractivity contribution is 7.92. The first-order chi connectivity index (χ1) is 16.6. The van der Waals surface area contributed by atoms with Crippen molar-refractivity contribution < 1.29 is 22.4 Å². The summed E-state index contributed by atoms with van der Waals surface area (Å²) in [5.74, 6) is -1.17. The smallest absolute Gasteiger partial charge is 0.242 e. The Morgan fingerprint density at radius 3 is 2.25 bits per heavy atom. The second-order valence-electron chi connectivity index (χ2n) is 10.2. The summed E-state index contributed by atoms with van der Waals surface area (Å²) in [6.45, 7) is 11.0. The van der Waals surface area contributed by atoms with Gasteiger partial charge >= 0.3 is 0 Å². The van der Waals surface area contributed by atoms with Gasteiger partial charge in [-0.3, -0.25) is 13.9 Å². The Bertz CT molecular complexity index is 1190. The fourth-order valence-electron chi connectivity index (χ4n) is 3.75. The second kappa shape index (κ2) is 11.9. The largest absolute Gasteiger partial charge is 0.350 e. The molecule has 1 unspecified atom stereocenters. The number of benzene rings is 2. The molecular formula is C27H38FN3O4S. The van der Waals surface area contributed by atoms with Crippen molar-refractivity contribution in [3.8, 4) is 0 Å². The summed E-state index contributed by atoms with van der Waals surface area (Å²) in [7, 11) is -3.58. The molecule has 0 saturated heterocycles. The predicted molar refractivity (Wildman–Crippen MR) is 142 cm³/mol. The maximum Gasteiger partial charge on any atom is 0.242 e. The van der Waals surface area contributed by atoms with Gasteiger partial charge in [0.1, 0.15) is 11.9 Å². The van der Waals surface area contributed by atoms with Crippen molar-refractivity contribution in [2.75, 3.05) is 17.1 Å². The van der Waals surface area contributed by atoms with Crippen LogP contribution < -0.4 is 9.62 Å². The van der Waals surface area contributed by atoms with E-state index in [1.54, 1.807) is 31.2 Å². The Hall–Kier alpha value is -2.94. The third-order valence-corrected chi connectivity index (χ3v) is 7.09. The van der Waals surface area contributed by atoms with Crippen molar-refractivity contribution >= 4 is 27.5 Å². The lowest BCUT2D eigenvalue weighted by atomic mass is 10.1.